The van der Waals surface area contributed by atoms with E-state index in [-0.39, 0.29) is 18.3 Å². The van der Waals surface area contributed by atoms with Crippen LogP contribution in [0.25, 0.3) is 10.2 Å². The van der Waals surface area contributed by atoms with E-state index < -0.39 is 0 Å². The normalized spacial score (nSPS) is 14.3. The van der Waals surface area contributed by atoms with E-state index in [9.17, 15) is 4.79 Å². The average molecular weight is 462 g/mol. The van der Waals surface area contributed by atoms with E-state index in [1.165, 1.54) is 0 Å². The van der Waals surface area contributed by atoms with Crippen molar-refractivity contribution in [1.29, 1.82) is 0 Å². The molecule has 0 saturated carbocycles. The van der Waals surface area contributed by atoms with Crippen LogP contribution in [0, 0.1) is 6.92 Å². The van der Waals surface area contributed by atoms with Crippen LogP contribution in [0.3, 0.4) is 0 Å². The highest BCUT2D eigenvalue weighted by molar-refractivity contribution is 7.22. The molecule has 1 aliphatic heterocycles. The molecule has 3 aromatic rings. The third-order valence-corrected chi connectivity index (χ3v) is 6.60. The summed E-state index contributed by atoms with van der Waals surface area (Å²) in [6.07, 6.45) is 0.357. The van der Waals surface area contributed by atoms with Crippen molar-refractivity contribution >= 4 is 45.0 Å². The SMILES string of the molecule is COc1ccc(C)c2sc(N(CCN3CCOCC3)C(=O)Cc3ccccc3)nc12.Cl. The Morgan fingerprint density at radius 2 is 1.94 bits per heavy atom. The van der Waals surface area contributed by atoms with Gasteiger partial charge in [-0.1, -0.05) is 47.7 Å². The van der Waals surface area contributed by atoms with E-state index >= 15 is 0 Å². The van der Waals surface area contributed by atoms with Gasteiger partial charge in [0.1, 0.15) is 11.3 Å². The number of carbonyl (C=O) groups excluding carboxylic acids is 1. The Balaban J connectivity index is 0.00000272. The van der Waals surface area contributed by atoms with E-state index in [0.29, 0.717) is 13.0 Å². The number of aromatic nitrogens is 1. The number of methoxy groups -OCH3 is 1. The van der Waals surface area contributed by atoms with Crippen LogP contribution in [0.15, 0.2) is 42.5 Å². The molecule has 0 spiro atoms. The number of fused-ring (bicyclic) bond motifs is 1. The molecule has 166 valence electrons. The fourth-order valence-corrected chi connectivity index (χ4v) is 4.73. The molecule has 31 heavy (non-hydrogen) atoms. The maximum absolute atomic E-state index is 13.3. The molecule has 6 nitrogen and oxygen atoms in total. The second-order valence-electron chi connectivity index (χ2n) is 7.42. The van der Waals surface area contributed by atoms with Crippen molar-refractivity contribution in [1.82, 2.24) is 9.88 Å². The average Bonchev–Trinajstić information content (AvgIpc) is 3.22. The zero-order valence-electron chi connectivity index (χ0n) is 17.9. The lowest BCUT2D eigenvalue weighted by Gasteiger charge is -2.29. The van der Waals surface area contributed by atoms with E-state index in [2.05, 4.69) is 11.8 Å². The van der Waals surface area contributed by atoms with Crippen LogP contribution >= 0.6 is 23.7 Å². The van der Waals surface area contributed by atoms with Crippen LogP contribution in [0.5, 0.6) is 5.75 Å². The number of benzene rings is 2. The van der Waals surface area contributed by atoms with Gasteiger partial charge >= 0.3 is 0 Å². The number of morpholine rings is 1. The van der Waals surface area contributed by atoms with Crippen LogP contribution in [-0.4, -0.2) is 62.3 Å². The molecule has 2 aromatic carbocycles. The number of rotatable bonds is 7. The van der Waals surface area contributed by atoms with E-state index in [4.69, 9.17) is 14.5 Å². The minimum atomic E-state index is 0. The summed E-state index contributed by atoms with van der Waals surface area (Å²) in [5, 5.41) is 0.729. The number of hydrogen-bond acceptors (Lipinski definition) is 6. The fraction of sp³-hybridized carbons (Fsp3) is 0.391. The molecule has 1 saturated heterocycles. The van der Waals surface area contributed by atoms with Crippen molar-refractivity contribution in [2.45, 2.75) is 13.3 Å². The lowest BCUT2D eigenvalue weighted by atomic mass is 10.1. The molecule has 1 aromatic heterocycles. The van der Waals surface area contributed by atoms with Crippen molar-refractivity contribution in [3.63, 3.8) is 0 Å². The zero-order valence-corrected chi connectivity index (χ0v) is 19.5. The zero-order chi connectivity index (χ0) is 20.9. The molecular weight excluding hydrogens is 434 g/mol. The van der Waals surface area contributed by atoms with Gasteiger partial charge in [0, 0.05) is 26.2 Å². The first-order valence-electron chi connectivity index (χ1n) is 10.2. The highest BCUT2D eigenvalue weighted by Crippen LogP contribution is 2.36. The molecule has 0 bridgehead atoms. The Morgan fingerprint density at radius 1 is 1.19 bits per heavy atom. The molecule has 4 rings (SSSR count). The second-order valence-corrected chi connectivity index (χ2v) is 8.40. The Labute approximate surface area is 193 Å². The molecular formula is C23H28ClN3O3S. The quantitative estimate of drug-likeness (QED) is 0.533. The van der Waals surface area contributed by atoms with Gasteiger partial charge in [-0.3, -0.25) is 14.6 Å². The van der Waals surface area contributed by atoms with Gasteiger partial charge in [-0.15, -0.1) is 12.4 Å². The number of halogens is 1. The van der Waals surface area contributed by atoms with Crippen molar-refractivity contribution < 1.29 is 14.3 Å². The monoisotopic (exact) mass is 461 g/mol. The Bertz CT molecular complexity index is 1010. The van der Waals surface area contributed by atoms with Gasteiger partial charge in [0.25, 0.3) is 0 Å². The summed E-state index contributed by atoms with van der Waals surface area (Å²) >= 11 is 1.56. The van der Waals surface area contributed by atoms with Crippen molar-refractivity contribution in [3.8, 4) is 5.75 Å². The molecule has 0 aliphatic carbocycles. The smallest absolute Gasteiger partial charge is 0.233 e. The molecule has 1 aliphatic rings. The van der Waals surface area contributed by atoms with E-state index in [1.807, 2.05) is 47.4 Å². The third kappa shape index (κ3) is 5.54. The number of nitrogens with zero attached hydrogens (tertiary/aromatic N) is 3. The van der Waals surface area contributed by atoms with Gasteiger partial charge in [0.15, 0.2) is 5.13 Å². The molecule has 8 heteroatoms. The van der Waals surface area contributed by atoms with E-state index in [1.54, 1.807) is 18.4 Å². The molecule has 0 N–H and O–H groups in total. The van der Waals surface area contributed by atoms with Crippen molar-refractivity contribution in [2.75, 3.05) is 51.4 Å². The number of anilines is 1. The first kappa shape index (κ1) is 23.5. The number of amides is 1. The molecule has 0 unspecified atom stereocenters. The predicted octanol–water partition coefficient (Wildman–Crippen LogP) is 3.94. The lowest BCUT2D eigenvalue weighted by molar-refractivity contribution is -0.118. The summed E-state index contributed by atoms with van der Waals surface area (Å²) in [5.74, 6) is 0.798. The maximum atomic E-state index is 13.3. The molecule has 1 amide bonds. The Hall–Kier alpha value is -2.19. The van der Waals surface area contributed by atoms with E-state index in [0.717, 1.165) is 65.1 Å². The highest BCUT2D eigenvalue weighted by atomic mass is 35.5. The first-order chi connectivity index (χ1) is 14.7. The standard InChI is InChI=1S/C23H27N3O3S.ClH/c1-17-8-9-19(28-2)21-22(17)30-23(24-21)26(11-10-25-12-14-29-15-13-25)20(27)16-18-6-4-3-5-7-18;/h3-9H,10-16H2,1-2H3;1H. The highest BCUT2D eigenvalue weighted by Gasteiger charge is 2.23. The van der Waals surface area contributed by atoms with Gasteiger partial charge < -0.3 is 9.47 Å². The van der Waals surface area contributed by atoms with Crippen LogP contribution in [-0.2, 0) is 16.0 Å². The number of hydrogen-bond donors (Lipinski definition) is 0. The molecule has 1 fully saturated rings. The fourth-order valence-electron chi connectivity index (χ4n) is 3.64. The molecule has 0 atom stereocenters. The maximum Gasteiger partial charge on any atom is 0.233 e. The summed E-state index contributed by atoms with van der Waals surface area (Å²) in [4.78, 5) is 22.3. The number of aryl methyl sites for hydroxylation is 1. The Morgan fingerprint density at radius 3 is 2.65 bits per heavy atom. The molecule has 0 radical (unpaired) electrons. The number of thiazole rings is 1. The minimum Gasteiger partial charge on any atom is -0.494 e. The first-order valence-corrected chi connectivity index (χ1v) is 11.1. The Kier molecular flexibility index (Phi) is 8.26. The van der Waals surface area contributed by atoms with Crippen LogP contribution in [0.4, 0.5) is 5.13 Å². The van der Waals surface area contributed by atoms with Crippen LogP contribution in [0.1, 0.15) is 11.1 Å². The summed E-state index contributed by atoms with van der Waals surface area (Å²) < 4.78 is 12.0. The van der Waals surface area contributed by atoms with Gasteiger partial charge in [-0.25, -0.2) is 4.98 Å². The number of ether oxygens (including phenoxy) is 2. The van der Waals surface area contributed by atoms with Crippen molar-refractivity contribution in [2.24, 2.45) is 0 Å². The predicted molar refractivity (Wildman–Crippen MR) is 128 cm³/mol. The van der Waals surface area contributed by atoms with Crippen molar-refractivity contribution in [3.05, 3.63) is 53.6 Å². The summed E-state index contributed by atoms with van der Waals surface area (Å²) in [7, 11) is 1.65. The molecule has 2 heterocycles. The van der Waals surface area contributed by atoms with Crippen LogP contribution in [0.2, 0.25) is 0 Å². The summed E-state index contributed by atoms with van der Waals surface area (Å²) in [6.45, 7) is 6.75. The van der Waals surface area contributed by atoms with Gasteiger partial charge in [-0.05, 0) is 24.1 Å². The second kappa shape index (κ2) is 10.9. The third-order valence-electron chi connectivity index (χ3n) is 5.39. The van der Waals surface area contributed by atoms with Crippen LogP contribution < -0.4 is 9.64 Å². The van der Waals surface area contributed by atoms with Gasteiger partial charge in [-0.2, -0.15) is 0 Å². The minimum absolute atomic E-state index is 0. The largest absolute Gasteiger partial charge is 0.494 e. The van der Waals surface area contributed by atoms with Gasteiger partial charge in [0.05, 0.1) is 31.4 Å². The lowest BCUT2D eigenvalue weighted by Crippen LogP contribution is -2.43. The number of carbonyl (C=O) groups is 1. The van der Waals surface area contributed by atoms with Gasteiger partial charge in [0.2, 0.25) is 5.91 Å². The summed E-state index contributed by atoms with van der Waals surface area (Å²) in [5.41, 5.74) is 2.97. The topological polar surface area (TPSA) is 54.9 Å². The summed E-state index contributed by atoms with van der Waals surface area (Å²) in [6, 6.07) is 13.8.